The second-order valence-electron chi connectivity index (χ2n) is 4.78. The molecule has 0 saturated carbocycles. The number of benzene rings is 1. The van der Waals surface area contributed by atoms with Gasteiger partial charge in [-0.2, -0.15) is 0 Å². The van der Waals surface area contributed by atoms with Crippen LogP contribution < -0.4 is 0 Å². The van der Waals surface area contributed by atoms with Crippen molar-refractivity contribution < 1.29 is 19.8 Å². The summed E-state index contributed by atoms with van der Waals surface area (Å²) in [5, 5.41) is 18.5. The van der Waals surface area contributed by atoms with Gasteiger partial charge in [-0.3, -0.25) is 4.79 Å². The predicted molar refractivity (Wildman–Crippen MR) is 68.5 cm³/mol. The van der Waals surface area contributed by atoms with Crippen molar-refractivity contribution in [2.75, 3.05) is 6.54 Å². The molecule has 1 aromatic carbocycles. The van der Waals surface area contributed by atoms with Crippen molar-refractivity contribution in [2.45, 2.75) is 31.4 Å². The van der Waals surface area contributed by atoms with Crippen molar-refractivity contribution in [2.24, 2.45) is 0 Å². The number of hydrogen-bond acceptors (Lipinski definition) is 3. The van der Waals surface area contributed by atoms with Crippen LogP contribution in [0.4, 0.5) is 0 Å². The number of carboxylic acid groups (broad SMARTS) is 1. The van der Waals surface area contributed by atoms with E-state index in [-0.39, 0.29) is 25.3 Å². The highest BCUT2D eigenvalue weighted by Crippen LogP contribution is 2.19. The number of aliphatic hydroxyl groups excluding tert-OH is 1. The molecule has 0 spiro atoms. The van der Waals surface area contributed by atoms with Gasteiger partial charge < -0.3 is 15.1 Å². The van der Waals surface area contributed by atoms with E-state index in [1.165, 1.54) is 4.90 Å². The number of rotatable bonds is 4. The average molecular weight is 263 g/mol. The summed E-state index contributed by atoms with van der Waals surface area (Å²) < 4.78 is 0. The lowest BCUT2D eigenvalue weighted by atomic mass is 10.1. The van der Waals surface area contributed by atoms with E-state index in [0.717, 1.165) is 5.56 Å². The number of carbonyl (C=O) groups excluding carboxylic acids is 1. The Bertz CT molecular complexity index is 460. The zero-order chi connectivity index (χ0) is 13.8. The minimum atomic E-state index is -1.05. The molecule has 1 aliphatic heterocycles. The first kappa shape index (κ1) is 13.5. The van der Waals surface area contributed by atoms with Gasteiger partial charge in [0.15, 0.2) is 0 Å². The summed E-state index contributed by atoms with van der Waals surface area (Å²) in [6, 6.07) is 8.68. The molecule has 0 aromatic heterocycles. The highest BCUT2D eigenvalue weighted by molar-refractivity contribution is 5.84. The zero-order valence-electron chi connectivity index (χ0n) is 10.5. The van der Waals surface area contributed by atoms with Gasteiger partial charge in [-0.25, -0.2) is 4.79 Å². The van der Waals surface area contributed by atoms with Gasteiger partial charge >= 0.3 is 5.97 Å². The quantitative estimate of drug-likeness (QED) is 0.836. The Morgan fingerprint density at radius 2 is 1.95 bits per heavy atom. The van der Waals surface area contributed by atoms with Crippen LogP contribution in [-0.2, 0) is 16.0 Å². The molecule has 0 unspecified atom stereocenters. The van der Waals surface area contributed by atoms with Gasteiger partial charge in [0.05, 0.1) is 6.10 Å². The van der Waals surface area contributed by atoms with Crippen molar-refractivity contribution in [3.63, 3.8) is 0 Å². The first-order valence-corrected chi connectivity index (χ1v) is 6.32. The topological polar surface area (TPSA) is 77.8 Å². The van der Waals surface area contributed by atoms with Crippen LogP contribution in [0.2, 0.25) is 0 Å². The maximum absolute atomic E-state index is 12.0. The van der Waals surface area contributed by atoms with Crippen LogP contribution >= 0.6 is 0 Å². The maximum Gasteiger partial charge on any atom is 0.326 e. The normalized spacial score (nSPS) is 22.5. The lowest BCUT2D eigenvalue weighted by molar-refractivity contribution is -0.148. The Balaban J connectivity index is 1.94. The first-order valence-electron chi connectivity index (χ1n) is 6.32. The van der Waals surface area contributed by atoms with Gasteiger partial charge in [0.2, 0.25) is 5.91 Å². The fourth-order valence-corrected chi connectivity index (χ4v) is 2.36. The van der Waals surface area contributed by atoms with Gasteiger partial charge in [-0.15, -0.1) is 0 Å². The van der Waals surface area contributed by atoms with Crippen LogP contribution in [0.5, 0.6) is 0 Å². The van der Waals surface area contributed by atoms with Crippen molar-refractivity contribution in [3.05, 3.63) is 35.9 Å². The Morgan fingerprint density at radius 3 is 2.58 bits per heavy atom. The van der Waals surface area contributed by atoms with E-state index in [4.69, 9.17) is 5.11 Å². The smallest absolute Gasteiger partial charge is 0.326 e. The fourth-order valence-electron chi connectivity index (χ4n) is 2.36. The van der Waals surface area contributed by atoms with Gasteiger partial charge in [-0.1, -0.05) is 30.3 Å². The number of aliphatic carboxylic acids is 1. The van der Waals surface area contributed by atoms with Gasteiger partial charge in [-0.05, 0) is 12.0 Å². The molecule has 1 saturated heterocycles. The number of amides is 1. The zero-order valence-corrected chi connectivity index (χ0v) is 10.5. The lowest BCUT2D eigenvalue weighted by Gasteiger charge is -2.21. The summed E-state index contributed by atoms with van der Waals surface area (Å²) in [6.07, 6.45) is 0.229. The summed E-state index contributed by atoms with van der Waals surface area (Å²) in [5.74, 6) is -1.27. The average Bonchev–Trinajstić information content (AvgIpc) is 2.79. The maximum atomic E-state index is 12.0. The van der Waals surface area contributed by atoms with Gasteiger partial charge in [0, 0.05) is 19.4 Å². The van der Waals surface area contributed by atoms with E-state index in [0.29, 0.717) is 6.42 Å². The second kappa shape index (κ2) is 5.84. The van der Waals surface area contributed by atoms with Crippen LogP contribution in [0.1, 0.15) is 18.4 Å². The molecule has 5 heteroatoms. The molecule has 0 aliphatic carbocycles. The molecule has 1 aromatic rings. The van der Waals surface area contributed by atoms with Crippen molar-refractivity contribution in [3.8, 4) is 0 Å². The van der Waals surface area contributed by atoms with E-state index in [9.17, 15) is 14.7 Å². The highest BCUT2D eigenvalue weighted by Gasteiger charge is 2.38. The van der Waals surface area contributed by atoms with E-state index >= 15 is 0 Å². The molecule has 19 heavy (non-hydrogen) atoms. The highest BCUT2D eigenvalue weighted by atomic mass is 16.4. The predicted octanol–water partition coefficient (Wildman–Crippen LogP) is 0.666. The summed E-state index contributed by atoms with van der Waals surface area (Å²) in [4.78, 5) is 24.3. The Kier molecular flexibility index (Phi) is 4.16. The van der Waals surface area contributed by atoms with Crippen LogP contribution in [0.3, 0.4) is 0 Å². The van der Waals surface area contributed by atoms with E-state index in [1.54, 1.807) is 0 Å². The second-order valence-corrected chi connectivity index (χ2v) is 4.78. The van der Waals surface area contributed by atoms with Crippen molar-refractivity contribution in [1.29, 1.82) is 0 Å². The molecule has 102 valence electrons. The standard InChI is InChI=1S/C14H17NO4/c16-11-8-12(14(18)19)15(9-11)13(17)7-6-10-4-2-1-3-5-10/h1-5,11-12,16H,6-9H2,(H,18,19)/t11-,12-/m1/s1. The molecule has 0 bridgehead atoms. The molecule has 2 rings (SSSR count). The Labute approximate surface area is 111 Å². The third kappa shape index (κ3) is 3.32. The number of likely N-dealkylation sites (tertiary alicyclic amines) is 1. The monoisotopic (exact) mass is 263 g/mol. The molecule has 0 radical (unpaired) electrons. The van der Waals surface area contributed by atoms with Gasteiger partial charge in [0.1, 0.15) is 6.04 Å². The minimum absolute atomic E-state index is 0.116. The fraction of sp³-hybridized carbons (Fsp3) is 0.429. The molecular weight excluding hydrogens is 246 g/mol. The number of aryl methyl sites for hydroxylation is 1. The van der Waals surface area contributed by atoms with Crippen molar-refractivity contribution in [1.82, 2.24) is 4.90 Å². The summed E-state index contributed by atoms with van der Waals surface area (Å²) in [7, 11) is 0. The number of nitrogens with zero attached hydrogens (tertiary/aromatic N) is 1. The SMILES string of the molecule is O=C(O)[C@H]1C[C@@H](O)CN1C(=O)CCc1ccccc1. The first-order chi connectivity index (χ1) is 9.08. The Hall–Kier alpha value is -1.88. The van der Waals surface area contributed by atoms with Crippen LogP contribution in [0.25, 0.3) is 0 Å². The van der Waals surface area contributed by atoms with Crippen LogP contribution in [-0.4, -0.2) is 45.7 Å². The summed E-state index contributed by atoms with van der Waals surface area (Å²) in [5.41, 5.74) is 1.04. The molecule has 5 nitrogen and oxygen atoms in total. The number of β-amino-alcohol motifs (C(OH)–C–C–N with tert-alkyl or cyclic N) is 1. The lowest BCUT2D eigenvalue weighted by Crippen LogP contribution is -2.40. The van der Waals surface area contributed by atoms with Gasteiger partial charge in [0.25, 0.3) is 0 Å². The summed E-state index contributed by atoms with van der Waals surface area (Å²) >= 11 is 0. The Morgan fingerprint density at radius 1 is 1.26 bits per heavy atom. The largest absolute Gasteiger partial charge is 0.480 e. The van der Waals surface area contributed by atoms with Crippen LogP contribution in [0, 0.1) is 0 Å². The number of carboxylic acids is 1. The molecule has 1 heterocycles. The molecule has 2 N–H and O–H groups in total. The van der Waals surface area contributed by atoms with Crippen LogP contribution in [0.15, 0.2) is 30.3 Å². The van der Waals surface area contributed by atoms with E-state index < -0.39 is 18.1 Å². The number of carbonyl (C=O) groups is 2. The molecule has 2 atom stereocenters. The third-order valence-corrected chi connectivity index (χ3v) is 3.35. The number of aliphatic hydroxyl groups is 1. The third-order valence-electron chi connectivity index (χ3n) is 3.35. The van der Waals surface area contributed by atoms with E-state index in [2.05, 4.69) is 0 Å². The van der Waals surface area contributed by atoms with Crippen molar-refractivity contribution >= 4 is 11.9 Å². The summed E-state index contributed by atoms with van der Waals surface area (Å²) in [6.45, 7) is 0.116. The molecule has 1 aliphatic rings. The molecule has 1 amide bonds. The molecular formula is C14H17NO4. The molecule has 1 fully saturated rings. The number of hydrogen-bond donors (Lipinski definition) is 2. The minimum Gasteiger partial charge on any atom is -0.480 e. The van der Waals surface area contributed by atoms with E-state index in [1.807, 2.05) is 30.3 Å².